The molecule has 1 saturated heterocycles. The molecular formula is C9H8ClNO3. The minimum absolute atomic E-state index is 0.0381. The molecule has 4 nitrogen and oxygen atoms in total. The van der Waals surface area contributed by atoms with E-state index in [0.29, 0.717) is 18.8 Å². The van der Waals surface area contributed by atoms with Gasteiger partial charge in [-0.25, -0.2) is 4.79 Å². The summed E-state index contributed by atoms with van der Waals surface area (Å²) < 4.78 is 4.76. The van der Waals surface area contributed by atoms with Crippen LogP contribution in [0.15, 0.2) is 18.2 Å². The number of amides is 1. The summed E-state index contributed by atoms with van der Waals surface area (Å²) >= 11 is 5.64. The van der Waals surface area contributed by atoms with Gasteiger partial charge in [0, 0.05) is 6.07 Å². The van der Waals surface area contributed by atoms with Crippen molar-refractivity contribution in [3.05, 3.63) is 23.2 Å². The van der Waals surface area contributed by atoms with Crippen LogP contribution < -0.4 is 4.90 Å². The minimum atomic E-state index is -0.397. The topological polar surface area (TPSA) is 49.8 Å². The third-order valence-corrected chi connectivity index (χ3v) is 2.32. The highest BCUT2D eigenvalue weighted by molar-refractivity contribution is 6.32. The zero-order valence-electron chi connectivity index (χ0n) is 7.24. The first-order valence-electron chi connectivity index (χ1n) is 4.11. The number of cyclic esters (lactones) is 1. The number of aromatic hydroxyl groups is 1. The molecule has 0 radical (unpaired) electrons. The van der Waals surface area contributed by atoms with Crippen LogP contribution in [0.1, 0.15) is 0 Å². The van der Waals surface area contributed by atoms with E-state index in [1.807, 2.05) is 0 Å². The molecule has 1 amide bonds. The molecule has 0 spiro atoms. The second-order valence-electron chi connectivity index (χ2n) is 2.90. The van der Waals surface area contributed by atoms with Gasteiger partial charge in [0.05, 0.1) is 17.3 Å². The Morgan fingerprint density at radius 3 is 2.86 bits per heavy atom. The van der Waals surface area contributed by atoms with Crippen LogP contribution in [-0.2, 0) is 4.74 Å². The van der Waals surface area contributed by atoms with Crippen LogP contribution in [0.5, 0.6) is 5.75 Å². The summed E-state index contributed by atoms with van der Waals surface area (Å²) in [7, 11) is 0. The maximum Gasteiger partial charge on any atom is 0.414 e. The average Bonchev–Trinajstić information content (AvgIpc) is 2.57. The van der Waals surface area contributed by atoms with Crippen LogP contribution in [0.2, 0.25) is 5.02 Å². The van der Waals surface area contributed by atoms with Crippen LogP contribution in [0.4, 0.5) is 10.5 Å². The fraction of sp³-hybridized carbons (Fsp3) is 0.222. The van der Waals surface area contributed by atoms with E-state index in [1.165, 1.54) is 17.0 Å². The predicted molar refractivity (Wildman–Crippen MR) is 51.8 cm³/mol. The number of phenolic OH excluding ortho intramolecular Hbond substituents is 1. The molecule has 1 aliphatic rings. The van der Waals surface area contributed by atoms with E-state index >= 15 is 0 Å². The molecule has 0 bridgehead atoms. The number of nitrogens with zero attached hydrogens (tertiary/aromatic N) is 1. The van der Waals surface area contributed by atoms with E-state index in [0.717, 1.165) is 0 Å². The van der Waals surface area contributed by atoms with E-state index in [1.54, 1.807) is 6.07 Å². The highest BCUT2D eigenvalue weighted by atomic mass is 35.5. The van der Waals surface area contributed by atoms with Gasteiger partial charge in [0.2, 0.25) is 0 Å². The average molecular weight is 214 g/mol. The van der Waals surface area contributed by atoms with E-state index in [4.69, 9.17) is 16.3 Å². The lowest BCUT2D eigenvalue weighted by atomic mass is 10.3. The Balaban J connectivity index is 2.32. The number of carbonyl (C=O) groups is 1. The third kappa shape index (κ3) is 1.48. The monoisotopic (exact) mass is 213 g/mol. The first kappa shape index (κ1) is 9.15. The fourth-order valence-corrected chi connectivity index (χ4v) is 1.41. The summed E-state index contributed by atoms with van der Waals surface area (Å²) in [6.07, 6.45) is -0.397. The molecule has 2 rings (SSSR count). The van der Waals surface area contributed by atoms with Gasteiger partial charge >= 0.3 is 6.09 Å². The maximum absolute atomic E-state index is 11.2. The molecule has 74 valence electrons. The standard InChI is InChI=1S/C9H8ClNO3/c10-7-2-1-6(5-8(7)12)11-3-4-14-9(11)13/h1-2,5,12H,3-4H2. The fourth-order valence-electron chi connectivity index (χ4n) is 1.30. The number of carbonyl (C=O) groups excluding carboxylic acids is 1. The normalized spacial score (nSPS) is 15.8. The molecule has 0 unspecified atom stereocenters. The van der Waals surface area contributed by atoms with Crippen molar-refractivity contribution in [3.8, 4) is 5.75 Å². The summed E-state index contributed by atoms with van der Waals surface area (Å²) in [5.41, 5.74) is 0.592. The third-order valence-electron chi connectivity index (χ3n) is 2.00. The van der Waals surface area contributed by atoms with E-state index in [9.17, 15) is 9.90 Å². The van der Waals surface area contributed by atoms with Gasteiger partial charge in [0.1, 0.15) is 12.4 Å². The van der Waals surface area contributed by atoms with Crippen molar-refractivity contribution in [3.63, 3.8) is 0 Å². The lowest BCUT2D eigenvalue weighted by molar-refractivity contribution is 0.181. The smallest absolute Gasteiger partial charge is 0.414 e. The zero-order chi connectivity index (χ0) is 10.1. The van der Waals surface area contributed by atoms with Gasteiger partial charge in [-0.05, 0) is 12.1 Å². The zero-order valence-corrected chi connectivity index (χ0v) is 7.99. The summed E-state index contributed by atoms with van der Waals surface area (Å²) in [4.78, 5) is 12.6. The number of hydrogen-bond acceptors (Lipinski definition) is 3. The van der Waals surface area contributed by atoms with Crippen LogP contribution in [0.25, 0.3) is 0 Å². The maximum atomic E-state index is 11.2. The SMILES string of the molecule is O=C1OCCN1c1ccc(Cl)c(O)c1. The minimum Gasteiger partial charge on any atom is -0.506 e. The molecule has 1 fully saturated rings. The molecule has 1 aromatic rings. The Kier molecular flexibility index (Phi) is 2.21. The van der Waals surface area contributed by atoms with Gasteiger partial charge in [0.25, 0.3) is 0 Å². The van der Waals surface area contributed by atoms with Crippen molar-refractivity contribution < 1.29 is 14.6 Å². The largest absolute Gasteiger partial charge is 0.506 e. The van der Waals surface area contributed by atoms with Crippen LogP contribution in [0, 0.1) is 0 Å². The molecule has 0 aliphatic carbocycles. The van der Waals surface area contributed by atoms with Gasteiger partial charge in [-0.2, -0.15) is 0 Å². The van der Waals surface area contributed by atoms with Crippen molar-refractivity contribution in [2.24, 2.45) is 0 Å². The predicted octanol–water partition coefficient (Wildman–Crippen LogP) is 2.00. The number of hydrogen-bond donors (Lipinski definition) is 1. The molecule has 0 atom stereocenters. The van der Waals surface area contributed by atoms with Crippen molar-refractivity contribution in [2.75, 3.05) is 18.1 Å². The number of halogens is 1. The number of phenols is 1. The molecule has 1 aromatic carbocycles. The van der Waals surface area contributed by atoms with Gasteiger partial charge in [-0.15, -0.1) is 0 Å². The Morgan fingerprint density at radius 2 is 2.29 bits per heavy atom. The quantitative estimate of drug-likeness (QED) is 0.776. The molecule has 5 heteroatoms. The number of rotatable bonds is 1. The first-order valence-corrected chi connectivity index (χ1v) is 4.49. The molecule has 0 aromatic heterocycles. The summed E-state index contributed by atoms with van der Waals surface area (Å²) in [6.45, 7) is 0.877. The van der Waals surface area contributed by atoms with Crippen LogP contribution >= 0.6 is 11.6 Å². The molecule has 1 aliphatic heterocycles. The summed E-state index contributed by atoms with van der Waals surface area (Å²) in [5, 5.41) is 9.60. The Hall–Kier alpha value is -1.42. The highest BCUT2D eigenvalue weighted by Gasteiger charge is 2.23. The van der Waals surface area contributed by atoms with Gasteiger partial charge in [-0.3, -0.25) is 4.90 Å². The number of benzene rings is 1. The molecule has 0 saturated carbocycles. The number of ether oxygens (including phenoxy) is 1. The van der Waals surface area contributed by atoms with Crippen LogP contribution in [-0.4, -0.2) is 24.4 Å². The molecule has 1 heterocycles. The molecule has 14 heavy (non-hydrogen) atoms. The lowest BCUT2D eigenvalue weighted by Gasteiger charge is -2.12. The highest BCUT2D eigenvalue weighted by Crippen LogP contribution is 2.29. The van der Waals surface area contributed by atoms with E-state index < -0.39 is 6.09 Å². The first-order chi connectivity index (χ1) is 6.68. The van der Waals surface area contributed by atoms with E-state index in [-0.39, 0.29) is 10.8 Å². The van der Waals surface area contributed by atoms with Gasteiger partial charge < -0.3 is 9.84 Å². The molecule has 1 N–H and O–H groups in total. The lowest BCUT2D eigenvalue weighted by Crippen LogP contribution is -2.23. The summed E-state index contributed by atoms with van der Waals surface area (Å²) in [6, 6.07) is 4.64. The Morgan fingerprint density at radius 1 is 1.50 bits per heavy atom. The Labute approximate surface area is 85.7 Å². The van der Waals surface area contributed by atoms with Crippen molar-refractivity contribution >= 4 is 23.4 Å². The van der Waals surface area contributed by atoms with Crippen molar-refractivity contribution in [2.45, 2.75) is 0 Å². The Bertz CT molecular complexity index is 380. The van der Waals surface area contributed by atoms with Crippen LogP contribution in [0.3, 0.4) is 0 Å². The molecular weight excluding hydrogens is 206 g/mol. The second kappa shape index (κ2) is 3.38. The summed E-state index contributed by atoms with van der Waals surface area (Å²) in [5.74, 6) is -0.0381. The van der Waals surface area contributed by atoms with Crippen molar-refractivity contribution in [1.29, 1.82) is 0 Å². The van der Waals surface area contributed by atoms with E-state index in [2.05, 4.69) is 0 Å². The number of anilines is 1. The van der Waals surface area contributed by atoms with Gasteiger partial charge in [0.15, 0.2) is 0 Å². The van der Waals surface area contributed by atoms with Crippen molar-refractivity contribution in [1.82, 2.24) is 0 Å². The van der Waals surface area contributed by atoms with Gasteiger partial charge in [-0.1, -0.05) is 11.6 Å². The second-order valence-corrected chi connectivity index (χ2v) is 3.31.